The average Bonchev–Trinajstić information content (AvgIpc) is 2.80. The van der Waals surface area contributed by atoms with Gasteiger partial charge in [0.15, 0.2) is 0 Å². The van der Waals surface area contributed by atoms with Crippen LogP contribution in [0.5, 0.6) is 17.4 Å². The number of carbonyl (C=O) groups is 1. The molecule has 4 aromatic rings. The SMILES string of the molecule is COc1ccc(NC(=O)Nc2ccc(Oc3ncnc4cc(N(C)C)ccc34)cc2)cc1Cl. The maximum Gasteiger partial charge on any atom is 0.323 e. The van der Waals surface area contributed by atoms with Gasteiger partial charge in [0.05, 0.1) is 23.0 Å². The number of ether oxygens (including phenoxy) is 2. The molecule has 0 atom stereocenters. The third kappa shape index (κ3) is 5.24. The number of fused-ring (bicyclic) bond motifs is 1. The van der Waals surface area contributed by atoms with E-state index in [0.29, 0.717) is 33.8 Å². The predicted octanol–water partition coefficient (Wildman–Crippen LogP) is 5.79. The molecule has 2 N–H and O–H groups in total. The minimum atomic E-state index is -0.400. The van der Waals surface area contributed by atoms with Crippen molar-refractivity contribution in [1.82, 2.24) is 9.97 Å². The summed E-state index contributed by atoms with van der Waals surface area (Å²) in [7, 11) is 5.48. The highest BCUT2D eigenvalue weighted by atomic mass is 35.5. The first-order valence-corrected chi connectivity index (χ1v) is 10.4. The van der Waals surface area contributed by atoms with Gasteiger partial charge in [-0.3, -0.25) is 0 Å². The van der Waals surface area contributed by atoms with Crippen molar-refractivity contribution in [3.63, 3.8) is 0 Å². The maximum absolute atomic E-state index is 12.3. The molecule has 0 fully saturated rings. The second kappa shape index (κ2) is 9.62. The van der Waals surface area contributed by atoms with Gasteiger partial charge in [0.25, 0.3) is 0 Å². The number of nitrogens with one attached hydrogen (secondary N) is 2. The third-order valence-corrected chi connectivity index (χ3v) is 5.13. The predicted molar refractivity (Wildman–Crippen MR) is 131 cm³/mol. The van der Waals surface area contributed by atoms with Crippen LogP contribution in [0.4, 0.5) is 21.9 Å². The molecular formula is C24H22ClN5O3. The van der Waals surface area contributed by atoms with Gasteiger partial charge >= 0.3 is 6.03 Å². The first-order valence-electron chi connectivity index (χ1n) is 10.0. The number of nitrogens with zero attached hydrogens (tertiary/aromatic N) is 3. The largest absolute Gasteiger partial charge is 0.495 e. The van der Waals surface area contributed by atoms with Crippen LogP contribution in [0.15, 0.2) is 67.0 Å². The number of urea groups is 1. The summed E-state index contributed by atoms with van der Waals surface area (Å²) in [4.78, 5) is 22.9. The Morgan fingerprint density at radius 3 is 2.36 bits per heavy atom. The van der Waals surface area contributed by atoms with Gasteiger partial charge in [0.2, 0.25) is 5.88 Å². The number of rotatable bonds is 6. The van der Waals surface area contributed by atoms with Crippen LogP contribution in [0.3, 0.4) is 0 Å². The highest BCUT2D eigenvalue weighted by Crippen LogP contribution is 2.30. The van der Waals surface area contributed by atoms with Crippen LogP contribution >= 0.6 is 11.6 Å². The summed E-state index contributed by atoms with van der Waals surface area (Å²) >= 11 is 6.09. The number of aromatic nitrogens is 2. The second-order valence-corrected chi connectivity index (χ2v) is 7.74. The van der Waals surface area contributed by atoms with Gasteiger partial charge in [0, 0.05) is 31.2 Å². The van der Waals surface area contributed by atoms with E-state index in [9.17, 15) is 4.79 Å². The summed E-state index contributed by atoms with van der Waals surface area (Å²) in [6.45, 7) is 0. The van der Waals surface area contributed by atoms with Gasteiger partial charge in [-0.05, 0) is 60.7 Å². The fourth-order valence-electron chi connectivity index (χ4n) is 3.14. The van der Waals surface area contributed by atoms with Crippen LogP contribution in [0, 0.1) is 0 Å². The first-order chi connectivity index (χ1) is 15.9. The van der Waals surface area contributed by atoms with Crippen LogP contribution in [-0.4, -0.2) is 37.2 Å². The summed E-state index contributed by atoms with van der Waals surface area (Å²) in [6.07, 6.45) is 1.47. The van der Waals surface area contributed by atoms with E-state index in [-0.39, 0.29) is 0 Å². The van der Waals surface area contributed by atoms with Gasteiger partial charge in [-0.1, -0.05) is 11.6 Å². The molecule has 0 spiro atoms. The van der Waals surface area contributed by atoms with Gasteiger partial charge in [-0.25, -0.2) is 14.8 Å². The molecule has 0 aliphatic carbocycles. The Hall–Kier alpha value is -4.04. The van der Waals surface area contributed by atoms with Gasteiger partial charge in [-0.15, -0.1) is 0 Å². The number of hydrogen-bond acceptors (Lipinski definition) is 6. The van der Waals surface area contributed by atoms with E-state index in [1.165, 1.54) is 13.4 Å². The van der Waals surface area contributed by atoms with Crippen LogP contribution in [0.25, 0.3) is 10.9 Å². The van der Waals surface area contributed by atoms with Crippen molar-refractivity contribution in [1.29, 1.82) is 0 Å². The molecule has 1 heterocycles. The summed E-state index contributed by atoms with van der Waals surface area (Å²) in [5, 5.41) is 6.71. The van der Waals surface area contributed by atoms with E-state index in [4.69, 9.17) is 21.1 Å². The molecule has 8 nitrogen and oxygen atoms in total. The molecule has 0 aliphatic heterocycles. The number of carbonyl (C=O) groups excluding carboxylic acids is 1. The topological polar surface area (TPSA) is 88.6 Å². The quantitative estimate of drug-likeness (QED) is 0.376. The van der Waals surface area contributed by atoms with Crippen LogP contribution < -0.4 is 25.0 Å². The molecule has 2 amide bonds. The van der Waals surface area contributed by atoms with Crippen molar-refractivity contribution in [2.45, 2.75) is 0 Å². The second-order valence-electron chi connectivity index (χ2n) is 7.33. The van der Waals surface area contributed by atoms with Gasteiger partial charge < -0.3 is 25.0 Å². The van der Waals surface area contributed by atoms with E-state index in [1.54, 1.807) is 42.5 Å². The number of anilines is 3. The minimum Gasteiger partial charge on any atom is -0.495 e. The van der Waals surface area contributed by atoms with E-state index in [2.05, 4.69) is 20.6 Å². The van der Waals surface area contributed by atoms with Crippen molar-refractivity contribution in [2.24, 2.45) is 0 Å². The van der Waals surface area contributed by atoms with Gasteiger partial charge in [-0.2, -0.15) is 0 Å². The lowest BCUT2D eigenvalue weighted by Crippen LogP contribution is -2.19. The Balaban J connectivity index is 1.42. The highest BCUT2D eigenvalue weighted by Gasteiger charge is 2.09. The number of benzene rings is 3. The minimum absolute atomic E-state index is 0.400. The summed E-state index contributed by atoms with van der Waals surface area (Å²) in [5.41, 5.74) is 2.98. The molecule has 0 aliphatic rings. The van der Waals surface area contributed by atoms with E-state index in [1.807, 2.05) is 37.2 Å². The number of hydrogen-bond donors (Lipinski definition) is 2. The molecule has 4 rings (SSSR count). The monoisotopic (exact) mass is 463 g/mol. The molecular weight excluding hydrogens is 442 g/mol. The molecule has 0 saturated carbocycles. The van der Waals surface area contributed by atoms with Gasteiger partial charge in [0.1, 0.15) is 17.8 Å². The lowest BCUT2D eigenvalue weighted by Gasteiger charge is -2.14. The number of amides is 2. The molecule has 168 valence electrons. The van der Waals surface area contributed by atoms with Crippen molar-refractivity contribution in [2.75, 3.05) is 36.7 Å². The fraction of sp³-hybridized carbons (Fsp3) is 0.125. The van der Waals surface area contributed by atoms with Crippen molar-refractivity contribution >= 4 is 45.6 Å². The number of halogens is 1. The standard InChI is InChI=1S/C24H22ClN5O3/c1-30(2)17-7-10-19-21(13-17)26-14-27-23(19)33-18-8-4-15(5-9-18)28-24(31)29-16-6-11-22(32-3)20(25)12-16/h4-14H,1-3H3,(H2,28,29,31). The lowest BCUT2D eigenvalue weighted by atomic mass is 10.2. The summed E-state index contributed by atoms with van der Waals surface area (Å²) < 4.78 is 11.1. The zero-order valence-corrected chi connectivity index (χ0v) is 19.1. The molecule has 0 bridgehead atoms. The smallest absolute Gasteiger partial charge is 0.323 e. The van der Waals surface area contributed by atoms with Crippen molar-refractivity contribution in [3.05, 3.63) is 72.0 Å². The Morgan fingerprint density at radius 2 is 1.67 bits per heavy atom. The Labute approximate surface area is 196 Å². The Morgan fingerprint density at radius 1 is 0.939 bits per heavy atom. The number of methoxy groups -OCH3 is 1. The molecule has 0 radical (unpaired) electrons. The Bertz CT molecular complexity index is 1300. The zero-order valence-electron chi connectivity index (χ0n) is 18.3. The van der Waals surface area contributed by atoms with Crippen LogP contribution in [0.1, 0.15) is 0 Å². The molecule has 3 aromatic carbocycles. The normalized spacial score (nSPS) is 10.5. The average molecular weight is 464 g/mol. The Kier molecular flexibility index (Phi) is 6.46. The molecule has 9 heteroatoms. The fourth-order valence-corrected chi connectivity index (χ4v) is 3.39. The highest BCUT2D eigenvalue weighted by molar-refractivity contribution is 6.32. The zero-order chi connectivity index (χ0) is 23.4. The van der Waals surface area contributed by atoms with Crippen molar-refractivity contribution < 1.29 is 14.3 Å². The van der Waals surface area contributed by atoms with Crippen LogP contribution in [-0.2, 0) is 0 Å². The maximum atomic E-state index is 12.3. The van der Waals surface area contributed by atoms with E-state index in [0.717, 1.165) is 16.6 Å². The molecule has 1 aromatic heterocycles. The molecule has 33 heavy (non-hydrogen) atoms. The third-order valence-electron chi connectivity index (χ3n) is 4.84. The van der Waals surface area contributed by atoms with E-state index < -0.39 is 6.03 Å². The van der Waals surface area contributed by atoms with Crippen molar-refractivity contribution in [3.8, 4) is 17.4 Å². The molecule has 0 unspecified atom stereocenters. The summed E-state index contributed by atoms with van der Waals surface area (Å²) in [5.74, 6) is 1.58. The lowest BCUT2D eigenvalue weighted by molar-refractivity contribution is 0.262. The first kappa shape index (κ1) is 22.2. The summed E-state index contributed by atoms with van der Waals surface area (Å²) in [6, 6.07) is 17.5. The molecule has 0 saturated heterocycles. The van der Waals surface area contributed by atoms with Crippen LogP contribution in [0.2, 0.25) is 5.02 Å². The van der Waals surface area contributed by atoms with E-state index >= 15 is 0 Å².